The number of carbonyl (C=O) groups is 1. The van der Waals surface area contributed by atoms with Crippen molar-refractivity contribution in [2.45, 2.75) is 22.6 Å². The number of thioether (sulfide) groups is 1. The Balaban J connectivity index is 1.73. The minimum absolute atomic E-state index is 0.142. The molecule has 28 heavy (non-hydrogen) atoms. The molecule has 8 heteroatoms. The van der Waals surface area contributed by atoms with Crippen LogP contribution in [0.3, 0.4) is 0 Å². The van der Waals surface area contributed by atoms with E-state index in [0.717, 1.165) is 10.6 Å². The highest BCUT2D eigenvalue weighted by molar-refractivity contribution is 7.98. The fourth-order valence-electron chi connectivity index (χ4n) is 3.25. The standard InChI is InChI=1S/C20H24N2O4S2/c1-26-16-9-11-17(12-10-16)28(24,25)22-13-5-6-15(14-22)20(23)21-18-7-3-4-8-19(18)27-2/h3-4,7-12,15H,5-6,13-14H2,1-2H3,(H,21,23). The lowest BCUT2D eigenvalue weighted by atomic mass is 9.99. The normalized spacial score (nSPS) is 17.9. The second-order valence-electron chi connectivity index (χ2n) is 6.57. The Labute approximate surface area is 170 Å². The average Bonchev–Trinajstić information content (AvgIpc) is 2.74. The van der Waals surface area contributed by atoms with Gasteiger partial charge in [-0.05, 0) is 55.5 Å². The van der Waals surface area contributed by atoms with Crippen molar-refractivity contribution in [3.8, 4) is 5.75 Å². The molecule has 1 aliphatic rings. The number of hydrogen-bond acceptors (Lipinski definition) is 5. The van der Waals surface area contributed by atoms with Gasteiger partial charge in [0, 0.05) is 18.0 Å². The molecule has 0 aromatic heterocycles. The Kier molecular flexibility index (Phi) is 6.64. The van der Waals surface area contributed by atoms with E-state index < -0.39 is 10.0 Å². The van der Waals surface area contributed by atoms with E-state index >= 15 is 0 Å². The number of piperidine rings is 1. The van der Waals surface area contributed by atoms with E-state index in [0.29, 0.717) is 25.1 Å². The summed E-state index contributed by atoms with van der Waals surface area (Å²) in [4.78, 5) is 14.0. The van der Waals surface area contributed by atoms with Gasteiger partial charge in [-0.15, -0.1) is 11.8 Å². The third-order valence-electron chi connectivity index (χ3n) is 4.82. The predicted molar refractivity (Wildman–Crippen MR) is 111 cm³/mol. The summed E-state index contributed by atoms with van der Waals surface area (Å²) in [5.41, 5.74) is 0.759. The number of nitrogens with zero attached hydrogens (tertiary/aromatic N) is 1. The Bertz CT molecular complexity index is 929. The van der Waals surface area contributed by atoms with E-state index in [4.69, 9.17) is 4.74 Å². The van der Waals surface area contributed by atoms with E-state index in [1.807, 2.05) is 30.5 Å². The van der Waals surface area contributed by atoms with Gasteiger partial charge in [0.15, 0.2) is 0 Å². The molecule has 150 valence electrons. The van der Waals surface area contributed by atoms with E-state index in [-0.39, 0.29) is 23.3 Å². The summed E-state index contributed by atoms with van der Waals surface area (Å²) in [5.74, 6) is 0.0788. The lowest BCUT2D eigenvalue weighted by Crippen LogP contribution is -2.43. The van der Waals surface area contributed by atoms with Crippen LogP contribution in [0.5, 0.6) is 5.75 Å². The second-order valence-corrected chi connectivity index (χ2v) is 9.35. The van der Waals surface area contributed by atoms with E-state index in [9.17, 15) is 13.2 Å². The molecule has 0 aliphatic carbocycles. The molecule has 6 nitrogen and oxygen atoms in total. The molecule has 1 unspecified atom stereocenters. The van der Waals surface area contributed by atoms with Gasteiger partial charge < -0.3 is 10.1 Å². The molecule has 0 radical (unpaired) electrons. The lowest BCUT2D eigenvalue weighted by Gasteiger charge is -2.31. The zero-order chi connectivity index (χ0) is 20.1. The molecule has 1 aliphatic heterocycles. The number of sulfonamides is 1. The third kappa shape index (κ3) is 4.51. The van der Waals surface area contributed by atoms with Gasteiger partial charge in [0.25, 0.3) is 0 Å². The molecule has 1 fully saturated rings. The highest BCUT2D eigenvalue weighted by Crippen LogP contribution is 2.28. The topological polar surface area (TPSA) is 75.7 Å². The number of methoxy groups -OCH3 is 1. The maximum Gasteiger partial charge on any atom is 0.243 e. The Morgan fingerprint density at radius 2 is 1.89 bits per heavy atom. The molecule has 2 aromatic carbocycles. The first kappa shape index (κ1) is 20.7. The van der Waals surface area contributed by atoms with Gasteiger partial charge >= 0.3 is 0 Å². The first-order valence-corrected chi connectivity index (χ1v) is 11.7. The number of anilines is 1. The van der Waals surface area contributed by atoms with Gasteiger partial charge in [-0.2, -0.15) is 4.31 Å². The van der Waals surface area contributed by atoms with Crippen LogP contribution in [-0.4, -0.2) is 45.1 Å². The summed E-state index contributed by atoms with van der Waals surface area (Å²) in [6, 6.07) is 13.9. The number of amides is 1. The van der Waals surface area contributed by atoms with E-state index in [1.54, 1.807) is 23.9 Å². The molecule has 1 amide bonds. The zero-order valence-corrected chi connectivity index (χ0v) is 17.6. The Morgan fingerprint density at radius 3 is 2.57 bits per heavy atom. The summed E-state index contributed by atoms with van der Waals surface area (Å²) in [7, 11) is -2.11. The van der Waals surface area contributed by atoms with Crippen molar-refractivity contribution in [3.05, 3.63) is 48.5 Å². The molecule has 1 heterocycles. The van der Waals surface area contributed by atoms with Crippen molar-refractivity contribution in [2.24, 2.45) is 5.92 Å². The van der Waals surface area contributed by atoms with E-state index in [1.165, 1.54) is 23.5 Å². The first-order chi connectivity index (χ1) is 13.5. The lowest BCUT2D eigenvalue weighted by molar-refractivity contribution is -0.120. The van der Waals surface area contributed by atoms with Crippen LogP contribution >= 0.6 is 11.8 Å². The van der Waals surface area contributed by atoms with Crippen LogP contribution in [0.15, 0.2) is 58.3 Å². The van der Waals surface area contributed by atoms with Crippen LogP contribution < -0.4 is 10.1 Å². The van der Waals surface area contributed by atoms with Crippen LogP contribution in [-0.2, 0) is 14.8 Å². The number of rotatable bonds is 6. The maximum atomic E-state index is 13.0. The first-order valence-electron chi connectivity index (χ1n) is 9.04. The Hall–Kier alpha value is -2.03. The number of ether oxygens (including phenoxy) is 1. The van der Waals surface area contributed by atoms with Gasteiger partial charge in [0.05, 0.1) is 23.6 Å². The van der Waals surface area contributed by atoms with Crippen molar-refractivity contribution in [2.75, 3.05) is 31.8 Å². The summed E-state index contributed by atoms with van der Waals surface area (Å²) in [6.45, 7) is 0.598. The summed E-state index contributed by atoms with van der Waals surface area (Å²) in [5, 5.41) is 2.96. The number of hydrogen-bond donors (Lipinski definition) is 1. The van der Waals surface area contributed by atoms with Crippen LogP contribution in [0.25, 0.3) is 0 Å². The monoisotopic (exact) mass is 420 g/mol. The number of nitrogens with one attached hydrogen (secondary N) is 1. The molecule has 1 saturated heterocycles. The van der Waals surface area contributed by atoms with Crippen molar-refractivity contribution >= 4 is 33.4 Å². The third-order valence-corrected chi connectivity index (χ3v) is 7.49. The highest BCUT2D eigenvalue weighted by atomic mass is 32.2. The highest BCUT2D eigenvalue weighted by Gasteiger charge is 2.33. The van der Waals surface area contributed by atoms with Crippen molar-refractivity contribution in [3.63, 3.8) is 0 Å². The minimum atomic E-state index is -3.65. The van der Waals surface area contributed by atoms with Crippen LogP contribution in [0.2, 0.25) is 0 Å². The Morgan fingerprint density at radius 1 is 1.18 bits per heavy atom. The van der Waals surface area contributed by atoms with Gasteiger partial charge in [0.2, 0.25) is 15.9 Å². The molecule has 0 saturated carbocycles. The summed E-state index contributed by atoms with van der Waals surface area (Å²) in [6.07, 6.45) is 3.27. The fourth-order valence-corrected chi connectivity index (χ4v) is 5.33. The molecular weight excluding hydrogens is 396 g/mol. The van der Waals surface area contributed by atoms with Gasteiger partial charge in [-0.3, -0.25) is 4.79 Å². The second kappa shape index (κ2) is 8.98. The molecule has 1 atom stereocenters. The molecule has 0 spiro atoms. The van der Waals surface area contributed by atoms with Gasteiger partial charge in [-0.25, -0.2) is 8.42 Å². The largest absolute Gasteiger partial charge is 0.497 e. The van der Waals surface area contributed by atoms with Gasteiger partial charge in [0.1, 0.15) is 5.75 Å². The SMILES string of the molecule is COc1ccc(S(=O)(=O)N2CCCC(C(=O)Nc3ccccc3SC)C2)cc1. The summed E-state index contributed by atoms with van der Waals surface area (Å²) < 4.78 is 32.4. The van der Waals surface area contributed by atoms with E-state index in [2.05, 4.69) is 5.32 Å². The van der Waals surface area contributed by atoms with Crippen molar-refractivity contribution in [1.29, 1.82) is 0 Å². The van der Waals surface area contributed by atoms with Crippen molar-refractivity contribution < 1.29 is 17.9 Å². The molecule has 1 N–H and O–H groups in total. The minimum Gasteiger partial charge on any atom is -0.497 e. The van der Waals surface area contributed by atoms with Gasteiger partial charge in [-0.1, -0.05) is 12.1 Å². The number of benzene rings is 2. The summed E-state index contributed by atoms with van der Waals surface area (Å²) >= 11 is 1.56. The smallest absolute Gasteiger partial charge is 0.243 e. The molecule has 3 rings (SSSR count). The van der Waals surface area contributed by atoms with Crippen LogP contribution in [0.4, 0.5) is 5.69 Å². The zero-order valence-electron chi connectivity index (χ0n) is 15.9. The molecule has 0 bridgehead atoms. The predicted octanol–water partition coefficient (Wildman–Crippen LogP) is 3.46. The number of carbonyl (C=O) groups excluding carboxylic acids is 1. The fraction of sp³-hybridized carbons (Fsp3) is 0.350. The van der Waals surface area contributed by atoms with Crippen molar-refractivity contribution in [1.82, 2.24) is 4.31 Å². The average molecular weight is 421 g/mol. The quantitative estimate of drug-likeness (QED) is 0.725. The maximum absolute atomic E-state index is 13.0. The van der Waals surface area contributed by atoms with Crippen LogP contribution in [0, 0.1) is 5.92 Å². The molecular formula is C20H24N2O4S2. The number of para-hydroxylation sites is 1. The van der Waals surface area contributed by atoms with Crippen LogP contribution in [0.1, 0.15) is 12.8 Å². The molecule has 2 aromatic rings.